The van der Waals surface area contributed by atoms with E-state index in [0.29, 0.717) is 18.3 Å². The van der Waals surface area contributed by atoms with Gasteiger partial charge in [-0.3, -0.25) is 0 Å². The second-order valence-electron chi connectivity index (χ2n) is 2.50. The van der Waals surface area contributed by atoms with Crippen LogP contribution in [0.1, 0.15) is 0 Å². The molecule has 0 N–H and O–H groups in total. The quantitative estimate of drug-likeness (QED) is 0.420. The maximum absolute atomic E-state index is 10.6. The first-order valence-electron chi connectivity index (χ1n) is 3.93. The highest BCUT2D eigenvalue weighted by Crippen LogP contribution is 2.20. The lowest BCUT2D eigenvalue weighted by molar-refractivity contribution is -0.392. The zero-order valence-corrected chi connectivity index (χ0v) is 8.78. The first-order valence-corrected chi connectivity index (χ1v) is 5.16. The van der Waals surface area contributed by atoms with Crippen LogP contribution in [0.2, 0.25) is 0 Å². The van der Waals surface area contributed by atoms with Gasteiger partial charge in [0.1, 0.15) is 12.7 Å². The Kier molecular flexibility index (Phi) is 3.90. The molecular weight excluding hydrogens is 206 g/mol. The van der Waals surface area contributed by atoms with Crippen LogP contribution >= 0.6 is 11.8 Å². The molecule has 0 unspecified atom stereocenters. The van der Waals surface area contributed by atoms with E-state index in [9.17, 15) is 10.1 Å². The second kappa shape index (κ2) is 4.97. The molecule has 1 aromatic rings. The SMILES string of the molecule is COCCn1c([N+](=O)[O-])cnc1SC. The van der Waals surface area contributed by atoms with Crippen LogP contribution in [0.4, 0.5) is 5.82 Å². The van der Waals surface area contributed by atoms with E-state index in [1.165, 1.54) is 22.5 Å². The number of rotatable bonds is 5. The van der Waals surface area contributed by atoms with Crippen LogP contribution in [0, 0.1) is 10.1 Å². The van der Waals surface area contributed by atoms with Crippen molar-refractivity contribution in [3.63, 3.8) is 0 Å². The summed E-state index contributed by atoms with van der Waals surface area (Å²) in [4.78, 5) is 14.1. The molecule has 0 fully saturated rings. The maximum atomic E-state index is 10.6. The zero-order chi connectivity index (χ0) is 10.6. The average Bonchev–Trinajstić information content (AvgIpc) is 2.57. The van der Waals surface area contributed by atoms with E-state index in [2.05, 4.69) is 4.98 Å². The molecule has 1 rings (SSSR count). The number of imidazole rings is 1. The number of hydrogen-bond donors (Lipinski definition) is 0. The van der Waals surface area contributed by atoms with Gasteiger partial charge in [-0.1, -0.05) is 11.8 Å². The van der Waals surface area contributed by atoms with Gasteiger partial charge in [0.15, 0.2) is 0 Å². The van der Waals surface area contributed by atoms with Crippen molar-refractivity contribution in [1.82, 2.24) is 9.55 Å². The molecule has 0 radical (unpaired) electrons. The third kappa shape index (κ3) is 2.24. The predicted octanol–water partition coefficient (Wildman–Crippen LogP) is 1.16. The number of hydrogen-bond acceptors (Lipinski definition) is 5. The molecule has 6 nitrogen and oxygen atoms in total. The highest BCUT2D eigenvalue weighted by atomic mass is 32.2. The largest absolute Gasteiger partial charge is 0.381 e. The van der Waals surface area contributed by atoms with Crippen molar-refractivity contribution in [2.75, 3.05) is 20.0 Å². The molecule has 0 aromatic carbocycles. The molecule has 0 saturated heterocycles. The fraction of sp³-hybridized carbons (Fsp3) is 0.571. The number of ether oxygens (including phenoxy) is 1. The molecule has 0 atom stereocenters. The average molecular weight is 217 g/mol. The summed E-state index contributed by atoms with van der Waals surface area (Å²) in [6.07, 6.45) is 3.09. The summed E-state index contributed by atoms with van der Waals surface area (Å²) in [5.41, 5.74) is 0. The Labute approximate surface area is 85.4 Å². The molecule has 14 heavy (non-hydrogen) atoms. The molecule has 78 valence electrons. The van der Waals surface area contributed by atoms with E-state index in [4.69, 9.17) is 4.74 Å². The van der Waals surface area contributed by atoms with Gasteiger partial charge in [-0.15, -0.1) is 0 Å². The van der Waals surface area contributed by atoms with Crippen LogP contribution in [0.15, 0.2) is 11.4 Å². The minimum absolute atomic E-state index is 0.00593. The monoisotopic (exact) mass is 217 g/mol. The number of methoxy groups -OCH3 is 1. The number of nitro groups is 1. The van der Waals surface area contributed by atoms with Crippen LogP contribution in [0.5, 0.6) is 0 Å². The molecule has 0 aliphatic rings. The van der Waals surface area contributed by atoms with E-state index in [-0.39, 0.29) is 5.82 Å². The van der Waals surface area contributed by atoms with E-state index >= 15 is 0 Å². The van der Waals surface area contributed by atoms with Gasteiger partial charge < -0.3 is 14.9 Å². The van der Waals surface area contributed by atoms with E-state index in [0.717, 1.165) is 0 Å². The fourth-order valence-electron chi connectivity index (χ4n) is 1.05. The van der Waals surface area contributed by atoms with Crippen molar-refractivity contribution >= 4 is 17.6 Å². The Morgan fingerprint density at radius 2 is 2.50 bits per heavy atom. The van der Waals surface area contributed by atoms with Gasteiger partial charge in [-0.2, -0.15) is 4.57 Å². The standard InChI is InChI=1S/C7H11N3O3S/c1-13-4-3-9-6(10(11)12)5-8-7(9)14-2/h5H,3-4H2,1-2H3. The Balaban J connectivity index is 2.93. The van der Waals surface area contributed by atoms with Gasteiger partial charge in [-0.25, -0.2) is 4.98 Å². The molecule has 0 aliphatic heterocycles. The lowest BCUT2D eigenvalue weighted by atomic mass is 10.6. The molecule has 0 aliphatic carbocycles. The minimum atomic E-state index is -0.442. The van der Waals surface area contributed by atoms with Crippen molar-refractivity contribution in [2.45, 2.75) is 11.7 Å². The molecule has 0 bridgehead atoms. The van der Waals surface area contributed by atoms with E-state index in [1.807, 2.05) is 6.26 Å². The second-order valence-corrected chi connectivity index (χ2v) is 3.28. The normalized spacial score (nSPS) is 10.4. The van der Waals surface area contributed by atoms with Crippen LogP contribution < -0.4 is 0 Å². The first kappa shape index (κ1) is 11.0. The molecule has 0 saturated carbocycles. The lowest BCUT2D eigenvalue weighted by Crippen LogP contribution is -2.08. The van der Waals surface area contributed by atoms with Crippen molar-refractivity contribution in [3.05, 3.63) is 16.3 Å². The Morgan fingerprint density at radius 1 is 1.79 bits per heavy atom. The number of thioether (sulfide) groups is 1. The summed E-state index contributed by atoms with van der Waals surface area (Å²) in [6, 6.07) is 0. The van der Waals surface area contributed by atoms with Crippen LogP contribution in [0.3, 0.4) is 0 Å². The smallest absolute Gasteiger partial charge is 0.343 e. The Bertz CT molecular complexity index is 326. The summed E-state index contributed by atoms with van der Waals surface area (Å²) < 4.78 is 6.40. The predicted molar refractivity (Wildman–Crippen MR) is 52.5 cm³/mol. The molecule has 7 heteroatoms. The van der Waals surface area contributed by atoms with Gasteiger partial charge in [0.2, 0.25) is 0 Å². The summed E-state index contributed by atoms with van der Waals surface area (Å²) >= 11 is 1.38. The van der Waals surface area contributed by atoms with Crippen molar-refractivity contribution in [2.24, 2.45) is 0 Å². The Morgan fingerprint density at radius 3 is 3.00 bits per heavy atom. The number of nitrogens with zero attached hydrogens (tertiary/aromatic N) is 3. The fourth-order valence-corrected chi connectivity index (χ4v) is 1.62. The lowest BCUT2D eigenvalue weighted by Gasteiger charge is -2.01. The van der Waals surface area contributed by atoms with Gasteiger partial charge >= 0.3 is 5.82 Å². The maximum Gasteiger partial charge on any atom is 0.343 e. The van der Waals surface area contributed by atoms with Crippen LogP contribution in [0.25, 0.3) is 0 Å². The van der Waals surface area contributed by atoms with Crippen molar-refractivity contribution in [1.29, 1.82) is 0 Å². The van der Waals surface area contributed by atoms with Crippen LogP contribution in [-0.4, -0.2) is 34.4 Å². The highest BCUT2D eigenvalue weighted by molar-refractivity contribution is 7.98. The zero-order valence-electron chi connectivity index (χ0n) is 7.97. The van der Waals surface area contributed by atoms with Gasteiger partial charge in [0.25, 0.3) is 5.16 Å². The summed E-state index contributed by atoms with van der Waals surface area (Å²) in [5.74, 6) is 0.00593. The number of aromatic nitrogens is 2. The summed E-state index contributed by atoms with van der Waals surface area (Å²) in [6.45, 7) is 0.883. The van der Waals surface area contributed by atoms with Crippen molar-refractivity contribution in [3.8, 4) is 0 Å². The van der Waals surface area contributed by atoms with Gasteiger partial charge in [0.05, 0.1) is 6.61 Å². The van der Waals surface area contributed by atoms with Crippen LogP contribution in [-0.2, 0) is 11.3 Å². The molecule has 0 spiro atoms. The third-order valence-corrected chi connectivity index (χ3v) is 2.38. The topological polar surface area (TPSA) is 70.2 Å². The first-order chi connectivity index (χ1) is 6.70. The highest BCUT2D eigenvalue weighted by Gasteiger charge is 2.18. The Hall–Kier alpha value is -1.08. The van der Waals surface area contributed by atoms with Crippen molar-refractivity contribution < 1.29 is 9.66 Å². The molecular formula is C7H11N3O3S. The molecule has 1 aromatic heterocycles. The summed E-state index contributed by atoms with van der Waals surface area (Å²) in [7, 11) is 1.56. The summed E-state index contributed by atoms with van der Waals surface area (Å²) in [5, 5.41) is 11.2. The van der Waals surface area contributed by atoms with E-state index < -0.39 is 4.92 Å². The van der Waals surface area contributed by atoms with Gasteiger partial charge in [-0.05, 0) is 11.2 Å². The molecule has 0 amide bonds. The third-order valence-electron chi connectivity index (χ3n) is 1.69. The minimum Gasteiger partial charge on any atom is -0.381 e. The molecule has 1 heterocycles. The van der Waals surface area contributed by atoms with E-state index in [1.54, 1.807) is 7.11 Å². The van der Waals surface area contributed by atoms with Gasteiger partial charge in [0, 0.05) is 7.11 Å².